The first-order chi connectivity index (χ1) is 8.70. The minimum Gasteiger partial charge on any atom is -0.453 e. The van der Waals surface area contributed by atoms with Crippen molar-refractivity contribution >= 4 is 11.6 Å². The van der Waals surface area contributed by atoms with Crippen LogP contribution in [0.2, 0.25) is 5.22 Å². The summed E-state index contributed by atoms with van der Waals surface area (Å²) in [6.07, 6.45) is 2.55. The highest BCUT2D eigenvalue weighted by Gasteiger charge is 2.16. The average molecular weight is 264 g/mol. The van der Waals surface area contributed by atoms with Crippen molar-refractivity contribution in [2.24, 2.45) is 0 Å². The molecule has 0 radical (unpaired) electrons. The third-order valence-electron chi connectivity index (χ3n) is 2.99. The number of furan rings is 1. The van der Waals surface area contributed by atoms with Crippen LogP contribution in [0.1, 0.15) is 29.7 Å². The Kier molecular flexibility index (Phi) is 4.45. The number of aryl methyl sites for hydroxylation is 1. The Bertz CT molecular complexity index is 507. The molecular formula is C15H18ClNO. The second kappa shape index (κ2) is 6.07. The van der Waals surface area contributed by atoms with Crippen molar-refractivity contribution in [3.8, 4) is 0 Å². The Balaban J connectivity index is 2.19. The maximum Gasteiger partial charge on any atom is 0.197 e. The molecule has 0 aliphatic rings. The van der Waals surface area contributed by atoms with Gasteiger partial charge in [-0.3, -0.25) is 0 Å². The number of hydrogen-bond donors (Lipinski definition) is 1. The molecule has 2 aromatic rings. The van der Waals surface area contributed by atoms with E-state index in [4.69, 9.17) is 16.0 Å². The monoisotopic (exact) mass is 263 g/mol. The van der Waals surface area contributed by atoms with Gasteiger partial charge in [0.1, 0.15) is 0 Å². The fourth-order valence-electron chi connectivity index (χ4n) is 2.17. The van der Waals surface area contributed by atoms with Crippen LogP contribution in [0, 0.1) is 6.92 Å². The van der Waals surface area contributed by atoms with E-state index in [1.54, 1.807) is 6.26 Å². The maximum absolute atomic E-state index is 6.06. The summed E-state index contributed by atoms with van der Waals surface area (Å²) in [5.41, 5.74) is 3.61. The number of hydrogen-bond acceptors (Lipinski definition) is 2. The molecule has 3 heteroatoms. The van der Waals surface area contributed by atoms with Crippen molar-refractivity contribution in [3.63, 3.8) is 0 Å². The summed E-state index contributed by atoms with van der Waals surface area (Å²) in [5.74, 6) is 0. The predicted octanol–water partition coefficient (Wildman–Crippen LogP) is 4.13. The number of benzene rings is 1. The van der Waals surface area contributed by atoms with Gasteiger partial charge in [-0.1, -0.05) is 36.8 Å². The summed E-state index contributed by atoms with van der Waals surface area (Å²) in [4.78, 5) is 0. The first-order valence-electron chi connectivity index (χ1n) is 6.22. The zero-order valence-electron chi connectivity index (χ0n) is 10.7. The normalized spacial score (nSPS) is 12.6. The lowest BCUT2D eigenvalue weighted by molar-refractivity contribution is 0.526. The lowest BCUT2D eigenvalue weighted by Crippen LogP contribution is -2.22. The third kappa shape index (κ3) is 3.15. The molecule has 0 spiro atoms. The highest BCUT2D eigenvalue weighted by Crippen LogP contribution is 2.26. The van der Waals surface area contributed by atoms with E-state index < -0.39 is 0 Å². The van der Waals surface area contributed by atoms with Gasteiger partial charge in [0.05, 0.1) is 6.26 Å². The smallest absolute Gasteiger partial charge is 0.197 e. The summed E-state index contributed by atoms with van der Waals surface area (Å²) < 4.78 is 5.18. The molecule has 0 amide bonds. The number of nitrogens with one attached hydrogen (secondary N) is 1. The van der Waals surface area contributed by atoms with Crippen LogP contribution >= 0.6 is 11.6 Å². The van der Waals surface area contributed by atoms with E-state index in [1.165, 1.54) is 11.1 Å². The van der Waals surface area contributed by atoms with E-state index >= 15 is 0 Å². The Morgan fingerprint density at radius 3 is 2.78 bits per heavy atom. The summed E-state index contributed by atoms with van der Waals surface area (Å²) in [6, 6.07) is 10.7. The molecule has 96 valence electrons. The first kappa shape index (κ1) is 13.2. The SMILES string of the molecule is CCNC(Cc1cccc(C)c1)c1ccoc1Cl. The van der Waals surface area contributed by atoms with Gasteiger partial charge in [0.25, 0.3) is 0 Å². The van der Waals surface area contributed by atoms with Gasteiger partial charge in [-0.2, -0.15) is 0 Å². The van der Waals surface area contributed by atoms with E-state index in [0.717, 1.165) is 18.5 Å². The van der Waals surface area contributed by atoms with Gasteiger partial charge >= 0.3 is 0 Å². The number of rotatable bonds is 5. The van der Waals surface area contributed by atoms with Crippen molar-refractivity contribution < 1.29 is 4.42 Å². The highest BCUT2D eigenvalue weighted by molar-refractivity contribution is 6.29. The van der Waals surface area contributed by atoms with E-state index in [2.05, 4.69) is 43.4 Å². The predicted molar refractivity (Wildman–Crippen MR) is 75.0 cm³/mol. The molecule has 2 nitrogen and oxygen atoms in total. The number of likely N-dealkylation sites (N-methyl/N-ethyl adjacent to an activating group) is 1. The molecule has 18 heavy (non-hydrogen) atoms. The summed E-state index contributed by atoms with van der Waals surface area (Å²) in [6.45, 7) is 5.10. The summed E-state index contributed by atoms with van der Waals surface area (Å²) >= 11 is 6.06. The lowest BCUT2D eigenvalue weighted by atomic mass is 10.00. The maximum atomic E-state index is 6.06. The molecule has 0 bridgehead atoms. The molecule has 0 aliphatic heterocycles. The largest absolute Gasteiger partial charge is 0.453 e. The van der Waals surface area contributed by atoms with E-state index in [9.17, 15) is 0 Å². The van der Waals surface area contributed by atoms with Crippen LogP contribution < -0.4 is 5.32 Å². The average Bonchev–Trinajstić information content (AvgIpc) is 2.75. The molecular weight excluding hydrogens is 246 g/mol. The topological polar surface area (TPSA) is 25.2 Å². The Labute approximate surface area is 113 Å². The van der Waals surface area contributed by atoms with Gasteiger partial charge in [-0.05, 0) is 43.1 Å². The lowest BCUT2D eigenvalue weighted by Gasteiger charge is -2.17. The van der Waals surface area contributed by atoms with Crippen molar-refractivity contribution in [1.82, 2.24) is 5.32 Å². The van der Waals surface area contributed by atoms with Crippen LogP contribution in [0.5, 0.6) is 0 Å². The van der Waals surface area contributed by atoms with Crippen LogP contribution in [-0.2, 0) is 6.42 Å². The standard InChI is InChI=1S/C15H18ClNO/c1-3-17-14(13-7-8-18-15(13)16)10-12-6-4-5-11(2)9-12/h4-9,14,17H,3,10H2,1-2H3. The van der Waals surface area contributed by atoms with Crippen molar-refractivity contribution in [2.45, 2.75) is 26.3 Å². The van der Waals surface area contributed by atoms with Crippen molar-refractivity contribution in [3.05, 3.63) is 58.5 Å². The molecule has 1 N–H and O–H groups in total. The van der Waals surface area contributed by atoms with Crippen LogP contribution in [0.25, 0.3) is 0 Å². The van der Waals surface area contributed by atoms with Crippen molar-refractivity contribution in [2.75, 3.05) is 6.54 Å². The molecule has 1 aromatic carbocycles. The van der Waals surface area contributed by atoms with Crippen LogP contribution in [0.3, 0.4) is 0 Å². The molecule has 2 rings (SSSR count). The quantitative estimate of drug-likeness (QED) is 0.877. The first-order valence-corrected chi connectivity index (χ1v) is 6.60. The molecule has 1 heterocycles. The fraction of sp³-hybridized carbons (Fsp3) is 0.333. The molecule has 0 saturated heterocycles. The zero-order chi connectivity index (χ0) is 13.0. The van der Waals surface area contributed by atoms with Crippen LogP contribution in [0.4, 0.5) is 0 Å². The molecule has 1 unspecified atom stereocenters. The van der Waals surface area contributed by atoms with Crippen LogP contribution in [-0.4, -0.2) is 6.54 Å². The zero-order valence-corrected chi connectivity index (χ0v) is 11.5. The third-order valence-corrected chi connectivity index (χ3v) is 3.30. The number of halogens is 1. The van der Waals surface area contributed by atoms with Gasteiger partial charge < -0.3 is 9.73 Å². The Hall–Kier alpha value is -1.25. The summed E-state index contributed by atoms with van der Waals surface area (Å²) in [5, 5.41) is 3.93. The summed E-state index contributed by atoms with van der Waals surface area (Å²) in [7, 11) is 0. The van der Waals surface area contributed by atoms with E-state index in [0.29, 0.717) is 5.22 Å². The van der Waals surface area contributed by atoms with Crippen molar-refractivity contribution in [1.29, 1.82) is 0 Å². The molecule has 1 atom stereocenters. The Morgan fingerprint density at radius 2 is 2.17 bits per heavy atom. The highest BCUT2D eigenvalue weighted by atomic mass is 35.5. The second-order valence-electron chi connectivity index (χ2n) is 4.45. The molecule has 1 aromatic heterocycles. The van der Waals surface area contributed by atoms with E-state index in [-0.39, 0.29) is 6.04 Å². The minimum absolute atomic E-state index is 0.197. The molecule has 0 aliphatic carbocycles. The van der Waals surface area contributed by atoms with E-state index in [1.807, 2.05) is 6.07 Å². The second-order valence-corrected chi connectivity index (χ2v) is 4.80. The van der Waals surface area contributed by atoms with Gasteiger partial charge in [0.15, 0.2) is 5.22 Å². The van der Waals surface area contributed by atoms with Gasteiger partial charge in [0.2, 0.25) is 0 Å². The van der Waals surface area contributed by atoms with Gasteiger partial charge in [-0.15, -0.1) is 0 Å². The van der Waals surface area contributed by atoms with Gasteiger partial charge in [0, 0.05) is 11.6 Å². The molecule has 0 saturated carbocycles. The fourth-order valence-corrected chi connectivity index (χ4v) is 2.41. The minimum atomic E-state index is 0.197. The van der Waals surface area contributed by atoms with Gasteiger partial charge in [-0.25, -0.2) is 0 Å². The van der Waals surface area contributed by atoms with Crippen LogP contribution in [0.15, 0.2) is 41.0 Å². The molecule has 0 fully saturated rings. The Morgan fingerprint density at radius 1 is 1.33 bits per heavy atom.